The van der Waals surface area contributed by atoms with Gasteiger partial charge in [0, 0.05) is 34.2 Å². The molecule has 6 nitrogen and oxygen atoms in total. The summed E-state index contributed by atoms with van der Waals surface area (Å²) < 4.78 is 1.71. The number of hydrogen-bond acceptors (Lipinski definition) is 5. The van der Waals surface area contributed by atoms with Gasteiger partial charge in [0.2, 0.25) is 5.95 Å². The molecule has 0 amide bonds. The number of rotatable bonds is 2. The highest BCUT2D eigenvalue weighted by molar-refractivity contribution is 6.31. The number of hydrogen-bond donors (Lipinski definition) is 2. The van der Waals surface area contributed by atoms with Crippen molar-refractivity contribution in [3.8, 4) is 5.75 Å². The second-order valence-electron chi connectivity index (χ2n) is 7.06. The second-order valence-corrected chi connectivity index (χ2v) is 7.46. The van der Waals surface area contributed by atoms with Gasteiger partial charge in [-0.15, -0.1) is 0 Å². The van der Waals surface area contributed by atoms with Crippen molar-refractivity contribution in [3.63, 3.8) is 0 Å². The highest BCUT2D eigenvalue weighted by Gasteiger charge is 2.40. The van der Waals surface area contributed by atoms with E-state index < -0.39 is 6.04 Å². The summed E-state index contributed by atoms with van der Waals surface area (Å²) in [6.45, 7) is 0. The first kappa shape index (κ1) is 17.0. The third-order valence-corrected chi connectivity index (χ3v) is 5.78. The predicted molar refractivity (Wildman–Crippen MR) is 105 cm³/mol. The van der Waals surface area contributed by atoms with Gasteiger partial charge in [0.1, 0.15) is 18.1 Å². The maximum Gasteiger partial charge on any atom is 0.226 e. The molecule has 2 aromatic carbocycles. The van der Waals surface area contributed by atoms with E-state index in [2.05, 4.69) is 15.4 Å². The minimum absolute atomic E-state index is 0.0214. The van der Waals surface area contributed by atoms with E-state index in [1.54, 1.807) is 16.8 Å². The number of aromatic hydroxyl groups is 1. The van der Waals surface area contributed by atoms with Crippen molar-refractivity contribution in [1.29, 1.82) is 0 Å². The lowest BCUT2D eigenvalue weighted by Gasteiger charge is -2.35. The zero-order chi connectivity index (χ0) is 19.3. The van der Waals surface area contributed by atoms with Gasteiger partial charge >= 0.3 is 0 Å². The van der Waals surface area contributed by atoms with Crippen LogP contribution in [0.1, 0.15) is 35.9 Å². The van der Waals surface area contributed by atoms with E-state index in [1.807, 2.05) is 36.4 Å². The van der Waals surface area contributed by atoms with E-state index in [-0.39, 0.29) is 17.5 Å². The van der Waals surface area contributed by atoms with E-state index in [9.17, 15) is 9.90 Å². The normalized spacial score (nSPS) is 21.1. The van der Waals surface area contributed by atoms with Gasteiger partial charge < -0.3 is 10.4 Å². The van der Waals surface area contributed by atoms with Crippen molar-refractivity contribution in [2.75, 3.05) is 5.32 Å². The molecule has 7 heteroatoms. The number of para-hydroxylation sites is 1. The first-order valence-electron chi connectivity index (χ1n) is 9.08. The van der Waals surface area contributed by atoms with Crippen LogP contribution in [0.5, 0.6) is 5.75 Å². The van der Waals surface area contributed by atoms with Crippen LogP contribution >= 0.6 is 11.6 Å². The van der Waals surface area contributed by atoms with Gasteiger partial charge in [0.05, 0.1) is 0 Å². The van der Waals surface area contributed by atoms with Gasteiger partial charge in [-0.05, 0) is 24.1 Å². The molecular weight excluding hydrogens is 376 g/mol. The van der Waals surface area contributed by atoms with Crippen LogP contribution in [0.3, 0.4) is 0 Å². The fourth-order valence-corrected chi connectivity index (χ4v) is 4.43. The van der Waals surface area contributed by atoms with Crippen LogP contribution < -0.4 is 5.32 Å². The molecule has 0 fully saturated rings. The van der Waals surface area contributed by atoms with Crippen LogP contribution in [0, 0.1) is 0 Å². The molecule has 2 heterocycles. The number of nitrogens with zero attached hydrogens (tertiary/aromatic N) is 3. The van der Waals surface area contributed by atoms with Gasteiger partial charge in [-0.25, -0.2) is 4.68 Å². The highest BCUT2D eigenvalue weighted by Crippen LogP contribution is 2.46. The maximum atomic E-state index is 13.3. The Hall–Kier alpha value is -3.12. The number of fused-ring (bicyclic) bond motifs is 1. The fraction of sp³-hybridized carbons (Fsp3) is 0.190. The standard InChI is InChI=1S/C21H17ClN4O2/c22-15-7-3-1-6-14(15)20-19-16(25-21-23-11-24-26(20)21)9-12(10-18(19)28)13-5-2-4-8-17(13)27/h1-8,11-12,20,27H,9-10H2,(H,23,24,25)/t12-,20-/m0/s1. The number of carbonyl (C=O) groups is 1. The van der Waals surface area contributed by atoms with E-state index in [0.717, 1.165) is 16.8 Å². The summed E-state index contributed by atoms with van der Waals surface area (Å²) >= 11 is 6.47. The average molecular weight is 393 g/mol. The number of Topliss-reactive ketones (excluding diaryl/α,β-unsaturated/α-hetero) is 1. The Labute approximate surface area is 166 Å². The van der Waals surface area contributed by atoms with Gasteiger partial charge in [0.15, 0.2) is 5.78 Å². The molecule has 0 spiro atoms. The smallest absolute Gasteiger partial charge is 0.226 e. The lowest BCUT2D eigenvalue weighted by atomic mass is 9.77. The lowest BCUT2D eigenvalue weighted by Crippen LogP contribution is -2.33. The Kier molecular flexibility index (Phi) is 3.94. The summed E-state index contributed by atoms with van der Waals surface area (Å²) in [5.74, 6) is 0.717. The van der Waals surface area contributed by atoms with E-state index in [1.165, 1.54) is 6.33 Å². The number of phenols is 1. The Morgan fingerprint density at radius 3 is 2.61 bits per heavy atom. The summed E-state index contributed by atoms with van der Waals surface area (Å²) in [5.41, 5.74) is 3.08. The van der Waals surface area contributed by atoms with Crippen LogP contribution in [-0.4, -0.2) is 25.7 Å². The van der Waals surface area contributed by atoms with Crippen molar-refractivity contribution in [3.05, 3.63) is 82.3 Å². The monoisotopic (exact) mass is 392 g/mol. The first-order chi connectivity index (χ1) is 13.6. The van der Waals surface area contributed by atoms with Crippen molar-refractivity contribution >= 4 is 23.3 Å². The number of halogens is 1. The van der Waals surface area contributed by atoms with E-state index in [4.69, 9.17) is 11.6 Å². The van der Waals surface area contributed by atoms with Crippen molar-refractivity contribution in [2.24, 2.45) is 0 Å². The van der Waals surface area contributed by atoms with Crippen molar-refractivity contribution < 1.29 is 9.90 Å². The number of anilines is 1. The van der Waals surface area contributed by atoms with Gasteiger partial charge in [-0.2, -0.15) is 10.1 Å². The molecule has 0 saturated heterocycles. The highest BCUT2D eigenvalue weighted by atomic mass is 35.5. The number of benzene rings is 2. The molecule has 5 rings (SSSR count). The molecule has 1 aromatic heterocycles. The molecule has 1 aliphatic carbocycles. The second kappa shape index (κ2) is 6.49. The molecule has 140 valence electrons. The first-order valence-corrected chi connectivity index (χ1v) is 9.46. The Morgan fingerprint density at radius 1 is 1.07 bits per heavy atom. The van der Waals surface area contributed by atoms with E-state index >= 15 is 0 Å². The topological polar surface area (TPSA) is 80.0 Å². The zero-order valence-corrected chi connectivity index (χ0v) is 15.6. The van der Waals surface area contributed by atoms with E-state index in [0.29, 0.717) is 29.4 Å². The lowest BCUT2D eigenvalue weighted by molar-refractivity contribution is -0.116. The van der Waals surface area contributed by atoms with Gasteiger partial charge in [-0.1, -0.05) is 48.0 Å². The minimum atomic E-state index is -0.416. The number of aromatic nitrogens is 3. The van der Waals surface area contributed by atoms with Crippen molar-refractivity contribution in [2.45, 2.75) is 24.8 Å². The summed E-state index contributed by atoms with van der Waals surface area (Å²) in [4.78, 5) is 17.6. The zero-order valence-electron chi connectivity index (χ0n) is 14.8. The number of phenolic OH excluding ortho intramolecular Hbond substituents is 1. The SMILES string of the molecule is O=C1C[C@@H](c2ccccc2O)CC2=C1[C@H](c1ccccc1Cl)n1ncnc1N2. The maximum absolute atomic E-state index is 13.3. The molecule has 2 N–H and O–H groups in total. The summed E-state index contributed by atoms with van der Waals surface area (Å²) in [7, 11) is 0. The molecule has 1 aliphatic heterocycles. The summed E-state index contributed by atoms with van der Waals surface area (Å²) in [5, 5.41) is 18.4. The molecule has 3 aromatic rings. The van der Waals surface area contributed by atoms with Gasteiger partial charge in [0.25, 0.3) is 0 Å². The van der Waals surface area contributed by atoms with Crippen LogP contribution in [0.25, 0.3) is 0 Å². The third-order valence-electron chi connectivity index (χ3n) is 5.44. The number of ketones is 1. The molecule has 2 aliphatic rings. The van der Waals surface area contributed by atoms with Gasteiger partial charge in [-0.3, -0.25) is 4.79 Å². The molecule has 2 atom stereocenters. The quantitative estimate of drug-likeness (QED) is 0.687. The number of carbonyl (C=O) groups excluding carboxylic acids is 1. The summed E-state index contributed by atoms with van der Waals surface area (Å²) in [6.07, 6.45) is 2.39. The third kappa shape index (κ3) is 2.60. The molecule has 0 bridgehead atoms. The van der Waals surface area contributed by atoms with Crippen LogP contribution in [0.15, 0.2) is 66.1 Å². The Balaban J connectivity index is 1.63. The predicted octanol–water partition coefficient (Wildman–Crippen LogP) is 4.05. The van der Waals surface area contributed by atoms with Crippen LogP contribution in [0.4, 0.5) is 5.95 Å². The molecular formula is C21H17ClN4O2. The Bertz CT molecular complexity index is 1120. The number of nitrogens with one attached hydrogen (secondary N) is 1. The largest absolute Gasteiger partial charge is 0.508 e. The fourth-order valence-electron chi connectivity index (χ4n) is 4.19. The van der Waals surface area contributed by atoms with Crippen LogP contribution in [-0.2, 0) is 4.79 Å². The van der Waals surface area contributed by atoms with Crippen molar-refractivity contribution in [1.82, 2.24) is 14.8 Å². The molecule has 28 heavy (non-hydrogen) atoms. The van der Waals surface area contributed by atoms with Crippen LogP contribution in [0.2, 0.25) is 5.02 Å². The minimum Gasteiger partial charge on any atom is -0.508 e. The summed E-state index contributed by atoms with van der Waals surface area (Å²) in [6, 6.07) is 14.3. The Morgan fingerprint density at radius 2 is 1.82 bits per heavy atom. The molecule has 0 saturated carbocycles. The molecule has 0 radical (unpaired) electrons. The average Bonchev–Trinajstić information content (AvgIpc) is 3.15. The number of allylic oxidation sites excluding steroid dienone is 2. The molecule has 0 unspecified atom stereocenters.